The van der Waals surface area contributed by atoms with Crippen molar-refractivity contribution in [3.05, 3.63) is 89.0 Å². The molecule has 1 aliphatic carbocycles. The van der Waals surface area contributed by atoms with Crippen LogP contribution in [0, 0.1) is 6.92 Å². The van der Waals surface area contributed by atoms with E-state index in [9.17, 15) is 14.7 Å². The normalized spacial score (nSPS) is 13.0. The molecule has 5 heteroatoms. The molecule has 3 aromatic carbocycles. The number of carbonyl (C=O) groups is 2. The van der Waals surface area contributed by atoms with Crippen molar-refractivity contribution in [1.82, 2.24) is 5.32 Å². The first-order chi connectivity index (χ1) is 14.5. The molecule has 1 aliphatic rings. The molecule has 3 N–H and O–H groups in total. The molecule has 152 valence electrons. The number of para-hydroxylation sites is 1. The van der Waals surface area contributed by atoms with Gasteiger partial charge in [0.05, 0.1) is 6.61 Å². The maximum atomic E-state index is 12.6. The molecular formula is C25H24N2O3. The summed E-state index contributed by atoms with van der Waals surface area (Å²) in [5.74, 6) is -0.283. The third-order valence-electron chi connectivity index (χ3n) is 5.31. The van der Waals surface area contributed by atoms with Gasteiger partial charge < -0.3 is 15.7 Å². The monoisotopic (exact) mass is 400 g/mol. The van der Waals surface area contributed by atoms with E-state index in [1.807, 2.05) is 49.4 Å². The number of carbonyl (C=O) groups excluding carboxylic acids is 2. The van der Waals surface area contributed by atoms with Gasteiger partial charge in [-0.05, 0) is 66.8 Å². The summed E-state index contributed by atoms with van der Waals surface area (Å²) in [5, 5.41) is 15.3. The molecule has 0 spiro atoms. The molecule has 3 aromatic rings. The minimum absolute atomic E-state index is 0.0442. The van der Waals surface area contributed by atoms with Crippen LogP contribution in [0.25, 0.3) is 11.1 Å². The Morgan fingerprint density at radius 2 is 1.63 bits per heavy atom. The number of anilines is 1. The number of benzene rings is 3. The highest BCUT2D eigenvalue weighted by Gasteiger charge is 2.24. The minimum Gasteiger partial charge on any atom is -0.392 e. The Labute approximate surface area is 175 Å². The lowest BCUT2D eigenvalue weighted by molar-refractivity contribution is 0.0950. The van der Waals surface area contributed by atoms with Crippen molar-refractivity contribution in [3.8, 4) is 11.1 Å². The molecule has 0 aliphatic heterocycles. The second-order valence-corrected chi connectivity index (χ2v) is 7.62. The zero-order valence-electron chi connectivity index (χ0n) is 16.8. The number of nitrogens with one attached hydrogen (secondary N) is 2. The van der Waals surface area contributed by atoms with Crippen LogP contribution >= 0.6 is 0 Å². The molecule has 4 rings (SSSR count). The number of aliphatic hydroxyl groups excluding tert-OH is 1. The van der Waals surface area contributed by atoms with Crippen LogP contribution in [-0.2, 0) is 6.61 Å². The molecule has 30 heavy (non-hydrogen) atoms. The zero-order chi connectivity index (χ0) is 21.1. The largest absolute Gasteiger partial charge is 0.392 e. The summed E-state index contributed by atoms with van der Waals surface area (Å²) in [6.07, 6.45) is 2.10. The lowest BCUT2D eigenvalue weighted by Gasteiger charge is -2.12. The Balaban J connectivity index is 1.53. The summed E-state index contributed by atoms with van der Waals surface area (Å²) in [6.45, 7) is 1.86. The molecule has 5 nitrogen and oxygen atoms in total. The predicted molar refractivity (Wildman–Crippen MR) is 117 cm³/mol. The summed E-state index contributed by atoms with van der Waals surface area (Å²) in [5.41, 5.74) is 5.40. The van der Waals surface area contributed by atoms with Crippen molar-refractivity contribution < 1.29 is 14.7 Å². The topological polar surface area (TPSA) is 78.4 Å². The van der Waals surface area contributed by atoms with E-state index in [-0.39, 0.29) is 18.4 Å². The second kappa shape index (κ2) is 8.51. The van der Waals surface area contributed by atoms with Gasteiger partial charge in [-0.15, -0.1) is 0 Å². The molecular weight excluding hydrogens is 376 g/mol. The van der Waals surface area contributed by atoms with Crippen LogP contribution in [0.4, 0.5) is 5.69 Å². The Kier molecular flexibility index (Phi) is 5.63. The lowest BCUT2D eigenvalue weighted by atomic mass is 9.97. The first kappa shape index (κ1) is 19.9. The smallest absolute Gasteiger partial charge is 0.255 e. The quantitative estimate of drug-likeness (QED) is 0.577. The average Bonchev–Trinajstić information content (AvgIpc) is 3.58. The number of aryl methyl sites for hydroxylation is 1. The fourth-order valence-corrected chi connectivity index (χ4v) is 3.35. The van der Waals surface area contributed by atoms with Gasteiger partial charge in [-0.1, -0.05) is 36.4 Å². The summed E-state index contributed by atoms with van der Waals surface area (Å²) in [7, 11) is 0. The lowest BCUT2D eigenvalue weighted by Crippen LogP contribution is -2.25. The van der Waals surface area contributed by atoms with Crippen LogP contribution in [0.3, 0.4) is 0 Å². The first-order valence-electron chi connectivity index (χ1n) is 10.1. The van der Waals surface area contributed by atoms with Crippen molar-refractivity contribution in [2.75, 3.05) is 5.32 Å². The molecule has 0 saturated heterocycles. The summed E-state index contributed by atoms with van der Waals surface area (Å²) in [6, 6.07) is 20.5. The SMILES string of the molecule is Cc1ccc(C(=O)NC2CC2)cc1-c1ccc(C(=O)Nc2ccccc2CO)cc1. The number of hydrogen-bond donors (Lipinski definition) is 3. The van der Waals surface area contributed by atoms with Crippen LogP contribution in [0.5, 0.6) is 0 Å². The fourth-order valence-electron chi connectivity index (χ4n) is 3.35. The van der Waals surface area contributed by atoms with Crippen molar-refractivity contribution in [2.24, 2.45) is 0 Å². The van der Waals surface area contributed by atoms with Gasteiger partial charge in [0.25, 0.3) is 11.8 Å². The number of rotatable bonds is 6. The van der Waals surface area contributed by atoms with Gasteiger partial charge in [-0.2, -0.15) is 0 Å². The highest BCUT2D eigenvalue weighted by molar-refractivity contribution is 6.05. The molecule has 1 saturated carbocycles. The molecule has 0 aromatic heterocycles. The van der Waals surface area contributed by atoms with Crippen molar-refractivity contribution in [3.63, 3.8) is 0 Å². The molecule has 0 bridgehead atoms. The minimum atomic E-state index is -0.239. The van der Waals surface area contributed by atoms with Crippen LogP contribution in [0.2, 0.25) is 0 Å². The van der Waals surface area contributed by atoms with Crippen molar-refractivity contribution in [1.29, 1.82) is 0 Å². The Hall–Kier alpha value is -3.44. The maximum Gasteiger partial charge on any atom is 0.255 e. The van der Waals surface area contributed by atoms with Gasteiger partial charge >= 0.3 is 0 Å². The summed E-state index contributed by atoms with van der Waals surface area (Å²) >= 11 is 0. The standard InChI is InChI=1S/C25H24N2O3/c1-16-6-7-19(25(30)26-21-12-13-21)14-22(16)17-8-10-18(11-9-17)24(29)27-23-5-3-2-4-20(23)15-28/h2-11,14,21,28H,12-13,15H2,1H3,(H,26,30)(H,27,29). The van der Waals surface area contributed by atoms with Crippen LogP contribution in [0.1, 0.15) is 44.7 Å². The van der Waals surface area contributed by atoms with Gasteiger partial charge in [0, 0.05) is 28.4 Å². The van der Waals surface area contributed by atoms with E-state index in [1.165, 1.54) is 0 Å². The van der Waals surface area contributed by atoms with Crippen LogP contribution < -0.4 is 10.6 Å². The van der Waals surface area contributed by atoms with Crippen LogP contribution in [-0.4, -0.2) is 23.0 Å². The molecule has 1 fully saturated rings. The maximum absolute atomic E-state index is 12.6. The van der Waals surface area contributed by atoms with E-state index in [0.29, 0.717) is 28.4 Å². The van der Waals surface area contributed by atoms with E-state index < -0.39 is 0 Å². The molecule has 0 unspecified atom stereocenters. The van der Waals surface area contributed by atoms with Crippen molar-refractivity contribution in [2.45, 2.75) is 32.4 Å². The molecule has 2 amide bonds. The van der Waals surface area contributed by atoms with E-state index in [4.69, 9.17) is 0 Å². The molecule has 0 atom stereocenters. The Bertz CT molecular complexity index is 1090. The fraction of sp³-hybridized carbons (Fsp3) is 0.200. The zero-order valence-corrected chi connectivity index (χ0v) is 16.8. The highest BCUT2D eigenvalue weighted by Crippen LogP contribution is 2.26. The van der Waals surface area contributed by atoms with Crippen molar-refractivity contribution >= 4 is 17.5 Å². The van der Waals surface area contributed by atoms with E-state index in [1.54, 1.807) is 24.3 Å². The predicted octanol–water partition coefficient (Wildman–Crippen LogP) is 4.30. The highest BCUT2D eigenvalue weighted by atomic mass is 16.3. The third-order valence-corrected chi connectivity index (χ3v) is 5.31. The number of aliphatic hydroxyl groups is 1. The molecule has 0 radical (unpaired) electrons. The van der Waals surface area contributed by atoms with E-state index >= 15 is 0 Å². The van der Waals surface area contributed by atoms with E-state index in [0.717, 1.165) is 29.5 Å². The van der Waals surface area contributed by atoms with E-state index in [2.05, 4.69) is 10.6 Å². The van der Waals surface area contributed by atoms with Gasteiger partial charge in [0.1, 0.15) is 0 Å². The summed E-state index contributed by atoms with van der Waals surface area (Å²) in [4.78, 5) is 25.0. The third kappa shape index (κ3) is 4.42. The number of amides is 2. The molecule has 0 heterocycles. The Morgan fingerprint density at radius 3 is 2.33 bits per heavy atom. The number of hydrogen-bond acceptors (Lipinski definition) is 3. The first-order valence-corrected chi connectivity index (χ1v) is 10.1. The van der Waals surface area contributed by atoms with Gasteiger partial charge in [0.15, 0.2) is 0 Å². The van der Waals surface area contributed by atoms with Gasteiger partial charge in [0.2, 0.25) is 0 Å². The second-order valence-electron chi connectivity index (χ2n) is 7.62. The van der Waals surface area contributed by atoms with Gasteiger partial charge in [-0.3, -0.25) is 9.59 Å². The average molecular weight is 400 g/mol. The van der Waals surface area contributed by atoms with Crippen LogP contribution in [0.15, 0.2) is 66.7 Å². The van der Waals surface area contributed by atoms with Gasteiger partial charge in [-0.25, -0.2) is 0 Å². The summed E-state index contributed by atoms with van der Waals surface area (Å²) < 4.78 is 0. The Morgan fingerprint density at radius 1 is 0.933 bits per heavy atom.